The van der Waals surface area contributed by atoms with Crippen molar-refractivity contribution >= 4 is 18.5 Å². The number of ether oxygens (including phenoxy) is 2. The molecular formula is C11H14ClNO4. The number of halogens is 1. The van der Waals surface area contributed by atoms with Gasteiger partial charge in [0.15, 0.2) is 11.5 Å². The number of amides is 1. The van der Waals surface area contributed by atoms with E-state index in [0.29, 0.717) is 18.8 Å². The van der Waals surface area contributed by atoms with Gasteiger partial charge in [-0.05, 0) is 17.7 Å². The van der Waals surface area contributed by atoms with Gasteiger partial charge in [0.05, 0.1) is 19.8 Å². The molecule has 0 unspecified atom stereocenters. The van der Waals surface area contributed by atoms with Gasteiger partial charge in [-0.3, -0.25) is 0 Å². The number of hydrogen-bond acceptors (Lipinski definition) is 4. The van der Waals surface area contributed by atoms with Crippen LogP contribution in [0.25, 0.3) is 0 Å². The highest BCUT2D eigenvalue weighted by atomic mass is 35.5. The van der Waals surface area contributed by atoms with Crippen molar-refractivity contribution in [3.05, 3.63) is 23.8 Å². The predicted molar refractivity (Wildman–Crippen MR) is 63.7 cm³/mol. The van der Waals surface area contributed by atoms with Crippen LogP contribution < -0.4 is 10.1 Å². The number of aromatic hydroxyl groups is 1. The molecule has 2 rings (SSSR count). The van der Waals surface area contributed by atoms with Crippen LogP contribution >= 0.6 is 12.4 Å². The Kier molecular flexibility index (Phi) is 4.45. The Bertz CT molecular complexity index is 410. The molecule has 0 radical (unpaired) electrons. The maximum Gasteiger partial charge on any atom is 0.407 e. The molecule has 0 aliphatic carbocycles. The lowest BCUT2D eigenvalue weighted by Gasteiger charge is -2.23. The first kappa shape index (κ1) is 13.4. The van der Waals surface area contributed by atoms with E-state index in [2.05, 4.69) is 5.32 Å². The molecule has 1 heterocycles. The molecule has 6 heteroatoms. The minimum Gasteiger partial charge on any atom is -0.504 e. The van der Waals surface area contributed by atoms with E-state index in [9.17, 15) is 9.90 Å². The molecule has 0 saturated carbocycles. The average Bonchev–Trinajstić information content (AvgIpc) is 2.29. The maximum atomic E-state index is 11.0. The van der Waals surface area contributed by atoms with Gasteiger partial charge in [0.1, 0.15) is 0 Å². The fourth-order valence-corrected chi connectivity index (χ4v) is 1.70. The standard InChI is InChI=1S/C11H13NO4.ClH/c1-15-10-3-2-7(6-9(10)13)8-4-5-16-11(14)12-8;/h2-3,6,8,13H,4-5H2,1H3,(H,12,14);1H/t8-;/m0./s1. The number of methoxy groups -OCH3 is 1. The zero-order chi connectivity index (χ0) is 11.5. The van der Waals surface area contributed by atoms with Crippen LogP contribution in [0.3, 0.4) is 0 Å². The monoisotopic (exact) mass is 259 g/mol. The van der Waals surface area contributed by atoms with Crippen molar-refractivity contribution in [3.8, 4) is 11.5 Å². The fourth-order valence-electron chi connectivity index (χ4n) is 1.70. The average molecular weight is 260 g/mol. The molecule has 1 aliphatic rings. The molecular weight excluding hydrogens is 246 g/mol. The Morgan fingerprint density at radius 1 is 1.53 bits per heavy atom. The molecule has 1 aromatic rings. The van der Waals surface area contributed by atoms with Crippen LogP contribution in [0.15, 0.2) is 18.2 Å². The lowest BCUT2D eigenvalue weighted by Crippen LogP contribution is -2.35. The van der Waals surface area contributed by atoms with Gasteiger partial charge in [-0.25, -0.2) is 4.79 Å². The van der Waals surface area contributed by atoms with Crippen LogP contribution in [0.1, 0.15) is 18.0 Å². The number of benzene rings is 1. The zero-order valence-corrected chi connectivity index (χ0v) is 10.1. The molecule has 0 bridgehead atoms. The van der Waals surface area contributed by atoms with Gasteiger partial charge < -0.3 is 19.9 Å². The highest BCUT2D eigenvalue weighted by Gasteiger charge is 2.21. The van der Waals surface area contributed by atoms with Crippen molar-refractivity contribution in [2.75, 3.05) is 13.7 Å². The number of rotatable bonds is 2. The third-order valence-electron chi connectivity index (χ3n) is 2.54. The minimum absolute atomic E-state index is 0. The van der Waals surface area contributed by atoms with E-state index in [4.69, 9.17) is 9.47 Å². The smallest absolute Gasteiger partial charge is 0.407 e. The van der Waals surface area contributed by atoms with E-state index in [1.54, 1.807) is 12.1 Å². The fraction of sp³-hybridized carbons (Fsp3) is 0.364. The molecule has 5 nitrogen and oxygen atoms in total. The van der Waals surface area contributed by atoms with Crippen molar-refractivity contribution in [3.63, 3.8) is 0 Å². The van der Waals surface area contributed by atoms with E-state index in [1.165, 1.54) is 7.11 Å². The van der Waals surface area contributed by atoms with Crippen molar-refractivity contribution in [1.82, 2.24) is 5.32 Å². The van der Waals surface area contributed by atoms with Crippen molar-refractivity contribution in [2.24, 2.45) is 0 Å². The molecule has 17 heavy (non-hydrogen) atoms. The summed E-state index contributed by atoms with van der Waals surface area (Å²) in [5.74, 6) is 0.489. The summed E-state index contributed by atoms with van der Waals surface area (Å²) in [7, 11) is 1.49. The van der Waals surface area contributed by atoms with E-state index in [-0.39, 0.29) is 24.2 Å². The minimum atomic E-state index is -0.424. The Morgan fingerprint density at radius 2 is 2.29 bits per heavy atom. The molecule has 94 valence electrons. The molecule has 1 fully saturated rings. The first-order valence-electron chi connectivity index (χ1n) is 5.01. The molecule has 0 aromatic heterocycles. The molecule has 2 N–H and O–H groups in total. The second-order valence-electron chi connectivity index (χ2n) is 3.55. The molecule has 1 saturated heterocycles. The van der Waals surface area contributed by atoms with Gasteiger partial charge in [-0.15, -0.1) is 12.4 Å². The Hall–Kier alpha value is -1.62. The van der Waals surface area contributed by atoms with Gasteiger partial charge in [0.25, 0.3) is 0 Å². The number of phenols is 1. The van der Waals surface area contributed by atoms with Gasteiger partial charge in [0, 0.05) is 6.42 Å². The Morgan fingerprint density at radius 3 is 2.88 bits per heavy atom. The van der Waals surface area contributed by atoms with Gasteiger partial charge in [-0.1, -0.05) is 6.07 Å². The van der Waals surface area contributed by atoms with Crippen LogP contribution in [0, 0.1) is 0 Å². The third kappa shape index (κ3) is 2.94. The predicted octanol–water partition coefficient (Wildman–Crippen LogP) is 1.99. The van der Waals surface area contributed by atoms with Gasteiger partial charge >= 0.3 is 6.09 Å². The summed E-state index contributed by atoms with van der Waals surface area (Å²) in [4.78, 5) is 11.0. The first-order chi connectivity index (χ1) is 7.70. The largest absolute Gasteiger partial charge is 0.504 e. The number of phenolic OH excluding ortho intramolecular Hbond substituents is 1. The maximum absolute atomic E-state index is 11.0. The van der Waals surface area contributed by atoms with Crippen molar-refractivity contribution in [2.45, 2.75) is 12.5 Å². The number of nitrogens with one attached hydrogen (secondary N) is 1. The molecule has 1 aliphatic heterocycles. The SMILES string of the molecule is COc1ccc([C@@H]2CCOC(=O)N2)cc1O.Cl. The van der Waals surface area contributed by atoms with E-state index in [0.717, 1.165) is 5.56 Å². The summed E-state index contributed by atoms with van der Waals surface area (Å²) in [5, 5.41) is 12.3. The van der Waals surface area contributed by atoms with E-state index >= 15 is 0 Å². The quantitative estimate of drug-likeness (QED) is 0.852. The summed E-state index contributed by atoms with van der Waals surface area (Å²) in [5.41, 5.74) is 0.843. The van der Waals surface area contributed by atoms with Crippen molar-refractivity contribution in [1.29, 1.82) is 0 Å². The lowest BCUT2D eigenvalue weighted by atomic mass is 10.0. The summed E-state index contributed by atoms with van der Waals surface area (Å²) in [6.45, 7) is 0.392. The first-order valence-corrected chi connectivity index (χ1v) is 5.01. The number of carbonyl (C=O) groups is 1. The van der Waals surface area contributed by atoms with Gasteiger partial charge in [-0.2, -0.15) is 0 Å². The third-order valence-corrected chi connectivity index (χ3v) is 2.54. The van der Waals surface area contributed by atoms with Crippen LogP contribution in [0.5, 0.6) is 11.5 Å². The summed E-state index contributed by atoms with van der Waals surface area (Å²) >= 11 is 0. The highest BCUT2D eigenvalue weighted by molar-refractivity contribution is 5.85. The van der Waals surface area contributed by atoms with Crippen LogP contribution in [0.2, 0.25) is 0 Å². The van der Waals surface area contributed by atoms with E-state index in [1.807, 2.05) is 6.07 Å². The molecule has 0 spiro atoms. The number of cyclic esters (lactones) is 1. The molecule has 1 atom stereocenters. The Labute approximate surface area is 105 Å². The second kappa shape index (κ2) is 5.63. The number of alkyl carbamates (subject to hydrolysis) is 1. The summed E-state index contributed by atoms with van der Waals surface area (Å²) < 4.78 is 9.71. The van der Waals surface area contributed by atoms with Crippen LogP contribution in [-0.2, 0) is 4.74 Å². The van der Waals surface area contributed by atoms with Crippen molar-refractivity contribution < 1.29 is 19.4 Å². The normalized spacial score (nSPS) is 18.6. The Balaban J connectivity index is 0.00000144. The number of hydrogen-bond donors (Lipinski definition) is 2. The van der Waals surface area contributed by atoms with Gasteiger partial charge in [0.2, 0.25) is 0 Å². The van der Waals surface area contributed by atoms with Crippen LogP contribution in [0.4, 0.5) is 4.79 Å². The number of carbonyl (C=O) groups excluding carboxylic acids is 1. The topological polar surface area (TPSA) is 67.8 Å². The second-order valence-corrected chi connectivity index (χ2v) is 3.55. The molecule has 1 amide bonds. The molecule has 1 aromatic carbocycles. The van der Waals surface area contributed by atoms with Crippen LogP contribution in [-0.4, -0.2) is 24.9 Å². The zero-order valence-electron chi connectivity index (χ0n) is 9.30. The summed E-state index contributed by atoms with van der Waals surface area (Å²) in [6.07, 6.45) is 0.267. The van der Waals surface area contributed by atoms with E-state index < -0.39 is 6.09 Å². The summed E-state index contributed by atoms with van der Waals surface area (Å²) in [6, 6.07) is 4.97. The lowest BCUT2D eigenvalue weighted by molar-refractivity contribution is 0.115. The highest BCUT2D eigenvalue weighted by Crippen LogP contribution is 2.30.